The van der Waals surface area contributed by atoms with Gasteiger partial charge in [-0.15, -0.1) is 0 Å². The van der Waals surface area contributed by atoms with E-state index in [1.807, 2.05) is 31.2 Å². The van der Waals surface area contributed by atoms with Gasteiger partial charge in [-0.05, 0) is 38.1 Å². The third-order valence-electron chi connectivity index (χ3n) is 3.71. The molecule has 1 aromatic heterocycles. The maximum absolute atomic E-state index is 11.4. The van der Waals surface area contributed by atoms with Gasteiger partial charge in [0.05, 0.1) is 23.5 Å². The van der Waals surface area contributed by atoms with E-state index < -0.39 is 5.97 Å². The molecule has 0 unspecified atom stereocenters. The summed E-state index contributed by atoms with van der Waals surface area (Å²) in [6, 6.07) is 16.0. The largest absolute Gasteiger partial charge is 0.492 e. The lowest BCUT2D eigenvalue weighted by atomic mass is 10.2. The Morgan fingerprint density at radius 2 is 1.59 bits per heavy atom. The van der Waals surface area contributed by atoms with E-state index in [2.05, 4.69) is 20.6 Å². The number of aromatic carboxylic acids is 1. The van der Waals surface area contributed by atoms with Gasteiger partial charge in [0.1, 0.15) is 23.2 Å². The summed E-state index contributed by atoms with van der Waals surface area (Å²) >= 11 is 0. The van der Waals surface area contributed by atoms with Gasteiger partial charge in [0, 0.05) is 6.07 Å². The molecule has 3 aromatic rings. The molecule has 1 heterocycles. The summed E-state index contributed by atoms with van der Waals surface area (Å²) < 4.78 is 5.62. The first-order chi connectivity index (χ1) is 13.1. The van der Waals surface area contributed by atoms with Gasteiger partial charge in [0.25, 0.3) is 0 Å². The van der Waals surface area contributed by atoms with Crippen molar-refractivity contribution in [3.63, 3.8) is 0 Å². The first kappa shape index (κ1) is 18.2. The number of aromatic nitrogens is 2. The van der Waals surface area contributed by atoms with E-state index in [0.29, 0.717) is 29.8 Å². The average Bonchev–Trinajstić information content (AvgIpc) is 2.63. The molecule has 0 radical (unpaired) electrons. The normalized spacial score (nSPS) is 10.3. The molecule has 2 aromatic carbocycles. The lowest BCUT2D eigenvalue weighted by Crippen LogP contribution is -2.06. The van der Waals surface area contributed by atoms with E-state index >= 15 is 0 Å². The predicted molar refractivity (Wildman–Crippen MR) is 104 cm³/mol. The van der Waals surface area contributed by atoms with E-state index in [0.717, 1.165) is 11.4 Å². The molecule has 7 nitrogen and oxygen atoms in total. The molecular weight excluding hydrogens is 344 g/mol. The van der Waals surface area contributed by atoms with Gasteiger partial charge >= 0.3 is 5.97 Å². The van der Waals surface area contributed by atoms with Crippen LogP contribution >= 0.6 is 0 Å². The molecule has 0 atom stereocenters. The highest BCUT2D eigenvalue weighted by atomic mass is 16.5. The summed E-state index contributed by atoms with van der Waals surface area (Å²) in [6.45, 7) is 4.25. The first-order valence-electron chi connectivity index (χ1n) is 8.50. The minimum Gasteiger partial charge on any atom is -0.492 e. The Labute approximate surface area is 157 Å². The number of nitrogens with one attached hydrogen (secondary N) is 2. The first-order valence-corrected chi connectivity index (χ1v) is 8.50. The van der Waals surface area contributed by atoms with Crippen molar-refractivity contribution in [1.82, 2.24) is 9.97 Å². The van der Waals surface area contributed by atoms with Crippen molar-refractivity contribution >= 4 is 29.0 Å². The number of aryl methyl sites for hydroxylation is 1. The quantitative estimate of drug-likeness (QED) is 0.573. The van der Waals surface area contributed by atoms with Crippen molar-refractivity contribution in [3.8, 4) is 5.75 Å². The molecule has 0 fully saturated rings. The maximum atomic E-state index is 11.4. The van der Waals surface area contributed by atoms with E-state index in [4.69, 9.17) is 4.74 Å². The van der Waals surface area contributed by atoms with Crippen molar-refractivity contribution in [3.05, 3.63) is 66.0 Å². The van der Waals surface area contributed by atoms with Crippen LogP contribution in [0, 0.1) is 6.92 Å². The van der Waals surface area contributed by atoms with E-state index in [1.165, 1.54) is 6.07 Å². The topological polar surface area (TPSA) is 96.4 Å². The summed E-state index contributed by atoms with van der Waals surface area (Å²) in [4.78, 5) is 20.1. The Morgan fingerprint density at radius 3 is 2.26 bits per heavy atom. The third kappa shape index (κ3) is 4.52. The second-order valence-electron chi connectivity index (χ2n) is 5.72. The summed E-state index contributed by atoms with van der Waals surface area (Å²) in [5.41, 5.74) is 1.42. The Kier molecular flexibility index (Phi) is 5.51. The fraction of sp³-hybridized carbons (Fsp3) is 0.150. The number of ether oxygens (including phenoxy) is 1. The highest BCUT2D eigenvalue weighted by Crippen LogP contribution is 2.28. The predicted octanol–water partition coefficient (Wildman–Crippen LogP) is 4.37. The lowest BCUT2D eigenvalue weighted by molar-refractivity contribution is 0.0698. The monoisotopic (exact) mass is 364 g/mol. The number of hydrogen-bond acceptors (Lipinski definition) is 6. The molecular formula is C20H20N4O3. The number of para-hydroxylation sites is 3. The molecule has 0 saturated carbocycles. The van der Waals surface area contributed by atoms with Crippen LogP contribution in [0.1, 0.15) is 23.1 Å². The van der Waals surface area contributed by atoms with E-state index in [9.17, 15) is 9.90 Å². The average molecular weight is 364 g/mol. The zero-order valence-electron chi connectivity index (χ0n) is 15.1. The molecule has 0 aliphatic rings. The van der Waals surface area contributed by atoms with Crippen LogP contribution in [0.3, 0.4) is 0 Å². The van der Waals surface area contributed by atoms with Gasteiger partial charge in [-0.1, -0.05) is 24.3 Å². The fourth-order valence-electron chi connectivity index (χ4n) is 2.60. The zero-order valence-corrected chi connectivity index (χ0v) is 15.1. The van der Waals surface area contributed by atoms with Crippen LogP contribution in [0.15, 0.2) is 54.6 Å². The van der Waals surface area contributed by atoms with Crippen molar-refractivity contribution in [2.24, 2.45) is 0 Å². The Morgan fingerprint density at radius 1 is 1.00 bits per heavy atom. The van der Waals surface area contributed by atoms with Crippen LogP contribution in [-0.2, 0) is 0 Å². The van der Waals surface area contributed by atoms with Gasteiger partial charge in [-0.25, -0.2) is 14.8 Å². The second kappa shape index (κ2) is 8.18. The Hall–Kier alpha value is -3.61. The molecule has 3 rings (SSSR count). The van der Waals surface area contributed by atoms with Crippen LogP contribution in [0.25, 0.3) is 0 Å². The van der Waals surface area contributed by atoms with Crippen molar-refractivity contribution < 1.29 is 14.6 Å². The molecule has 27 heavy (non-hydrogen) atoms. The maximum Gasteiger partial charge on any atom is 0.337 e. The number of carboxylic acid groups (broad SMARTS) is 1. The number of rotatable bonds is 7. The molecule has 0 aliphatic heterocycles. The Balaban J connectivity index is 1.89. The van der Waals surface area contributed by atoms with Crippen LogP contribution < -0.4 is 15.4 Å². The van der Waals surface area contributed by atoms with Crippen LogP contribution in [0.4, 0.5) is 23.0 Å². The third-order valence-corrected chi connectivity index (χ3v) is 3.71. The second-order valence-corrected chi connectivity index (χ2v) is 5.72. The minimum atomic E-state index is -1.01. The molecule has 0 spiro atoms. The molecule has 0 saturated heterocycles. The number of nitrogens with zero attached hydrogens (tertiary/aromatic N) is 2. The van der Waals surface area contributed by atoms with Gasteiger partial charge in [-0.2, -0.15) is 0 Å². The van der Waals surface area contributed by atoms with Crippen LogP contribution in [0.2, 0.25) is 0 Å². The van der Waals surface area contributed by atoms with Crippen molar-refractivity contribution in [1.29, 1.82) is 0 Å². The molecule has 138 valence electrons. The molecule has 0 aliphatic carbocycles. The summed E-state index contributed by atoms with van der Waals surface area (Å²) in [5.74, 6) is 1.33. The van der Waals surface area contributed by atoms with E-state index in [-0.39, 0.29) is 5.56 Å². The number of benzene rings is 2. The van der Waals surface area contributed by atoms with Gasteiger partial charge in [-0.3, -0.25) is 0 Å². The molecule has 3 N–H and O–H groups in total. The highest BCUT2D eigenvalue weighted by Gasteiger charge is 2.11. The summed E-state index contributed by atoms with van der Waals surface area (Å²) in [6.07, 6.45) is 0. The molecule has 0 bridgehead atoms. The van der Waals surface area contributed by atoms with Crippen LogP contribution in [-0.4, -0.2) is 27.7 Å². The number of hydrogen-bond donors (Lipinski definition) is 3. The summed E-state index contributed by atoms with van der Waals surface area (Å²) in [5, 5.41) is 15.6. The number of carboxylic acids is 1. The highest BCUT2D eigenvalue weighted by molar-refractivity contribution is 5.95. The smallest absolute Gasteiger partial charge is 0.337 e. The minimum absolute atomic E-state index is 0.171. The fourth-order valence-corrected chi connectivity index (χ4v) is 2.60. The van der Waals surface area contributed by atoms with E-state index in [1.54, 1.807) is 31.2 Å². The number of anilines is 4. The van der Waals surface area contributed by atoms with Crippen molar-refractivity contribution in [2.75, 3.05) is 17.2 Å². The molecule has 7 heteroatoms. The van der Waals surface area contributed by atoms with Gasteiger partial charge in [0.15, 0.2) is 0 Å². The lowest BCUT2D eigenvalue weighted by Gasteiger charge is -2.14. The van der Waals surface area contributed by atoms with Crippen molar-refractivity contribution in [2.45, 2.75) is 13.8 Å². The Bertz CT molecular complexity index is 959. The standard InChI is InChI=1S/C20H20N4O3/c1-3-27-17-11-7-6-10-16(17)24-19-12-18(21-13(2)22-19)23-15-9-5-4-8-14(15)20(25)26/h4-12H,3H2,1-2H3,(H,25,26)(H2,21,22,23,24). The van der Waals surface area contributed by atoms with Gasteiger partial charge < -0.3 is 20.5 Å². The number of carbonyl (C=O) groups is 1. The molecule has 0 amide bonds. The zero-order chi connectivity index (χ0) is 19.2. The van der Waals surface area contributed by atoms with Crippen LogP contribution in [0.5, 0.6) is 5.75 Å². The summed E-state index contributed by atoms with van der Waals surface area (Å²) in [7, 11) is 0. The van der Waals surface area contributed by atoms with Gasteiger partial charge in [0.2, 0.25) is 0 Å². The SMILES string of the molecule is CCOc1ccccc1Nc1cc(Nc2ccccc2C(=O)O)nc(C)n1.